The van der Waals surface area contributed by atoms with Crippen LogP contribution < -0.4 is 5.32 Å². The molecule has 3 heterocycles. The van der Waals surface area contributed by atoms with Gasteiger partial charge < -0.3 is 5.32 Å². The minimum absolute atomic E-state index is 0. The second-order valence-corrected chi connectivity index (χ2v) is 6.82. The summed E-state index contributed by atoms with van der Waals surface area (Å²) in [6.45, 7) is 4.80. The minimum Gasteiger partial charge on any atom is -0.316 e. The average Bonchev–Trinajstić information content (AvgIpc) is 3.01. The van der Waals surface area contributed by atoms with Crippen molar-refractivity contribution in [3.63, 3.8) is 0 Å². The van der Waals surface area contributed by atoms with Crippen molar-refractivity contribution in [2.45, 2.75) is 25.6 Å². The zero-order valence-electron chi connectivity index (χ0n) is 11.0. The van der Waals surface area contributed by atoms with E-state index in [4.69, 9.17) is 0 Å². The monoisotopic (exact) mass is 326 g/mol. The van der Waals surface area contributed by atoms with E-state index in [0.717, 1.165) is 48.8 Å². The van der Waals surface area contributed by atoms with Crippen LogP contribution in [-0.4, -0.2) is 31.1 Å². The molecule has 2 aliphatic heterocycles. The first kappa shape index (κ1) is 16.1. The van der Waals surface area contributed by atoms with E-state index in [-0.39, 0.29) is 12.4 Å². The summed E-state index contributed by atoms with van der Waals surface area (Å²) < 4.78 is 37.6. The molecule has 20 heavy (non-hydrogen) atoms. The molecule has 2 aliphatic rings. The molecule has 3 rings (SSSR count). The SMILES string of the molecule is Cl.FC(F)(F)c1ccc(CN2CCC3(CCNC3)C2)s1. The summed E-state index contributed by atoms with van der Waals surface area (Å²) >= 11 is 0.875. The standard InChI is InChI=1S/C13H17F3N2S.ClH/c14-13(15,16)11-2-1-10(19-11)7-18-6-4-12(9-18)3-5-17-8-12;/h1-2,17H,3-9H2;1H. The van der Waals surface area contributed by atoms with E-state index in [1.807, 2.05) is 0 Å². The van der Waals surface area contributed by atoms with Crippen molar-refractivity contribution in [2.24, 2.45) is 5.41 Å². The number of halogens is 4. The Hall–Kier alpha value is -0.300. The second kappa shape index (κ2) is 5.83. The third kappa shape index (κ3) is 3.30. The van der Waals surface area contributed by atoms with Crippen molar-refractivity contribution in [2.75, 3.05) is 26.2 Å². The lowest BCUT2D eigenvalue weighted by atomic mass is 9.87. The van der Waals surface area contributed by atoms with Gasteiger partial charge >= 0.3 is 6.18 Å². The van der Waals surface area contributed by atoms with Crippen LogP contribution in [-0.2, 0) is 12.7 Å². The second-order valence-electron chi connectivity index (χ2n) is 5.65. The highest BCUT2D eigenvalue weighted by atomic mass is 35.5. The number of hydrogen-bond donors (Lipinski definition) is 1. The third-order valence-corrected chi connectivity index (χ3v) is 5.28. The third-order valence-electron chi connectivity index (χ3n) is 4.17. The molecule has 1 aromatic rings. The molecule has 1 aromatic heterocycles. The molecular weight excluding hydrogens is 309 g/mol. The Morgan fingerprint density at radius 3 is 2.70 bits per heavy atom. The smallest absolute Gasteiger partial charge is 0.316 e. The zero-order valence-corrected chi connectivity index (χ0v) is 12.6. The molecule has 2 nitrogen and oxygen atoms in total. The number of nitrogens with one attached hydrogen (secondary N) is 1. The zero-order chi connectivity index (χ0) is 13.5. The lowest BCUT2D eigenvalue weighted by Crippen LogP contribution is -2.28. The van der Waals surface area contributed by atoms with E-state index >= 15 is 0 Å². The van der Waals surface area contributed by atoms with Gasteiger partial charge in [-0.3, -0.25) is 4.90 Å². The van der Waals surface area contributed by atoms with Crippen molar-refractivity contribution in [3.05, 3.63) is 21.9 Å². The van der Waals surface area contributed by atoms with Crippen LogP contribution in [0, 0.1) is 5.41 Å². The van der Waals surface area contributed by atoms with Gasteiger partial charge in [0.25, 0.3) is 0 Å². The summed E-state index contributed by atoms with van der Waals surface area (Å²) in [6.07, 6.45) is -1.84. The van der Waals surface area contributed by atoms with E-state index in [9.17, 15) is 13.2 Å². The van der Waals surface area contributed by atoms with Gasteiger partial charge in [-0.25, -0.2) is 0 Å². The highest BCUT2D eigenvalue weighted by molar-refractivity contribution is 7.12. The van der Waals surface area contributed by atoms with Crippen molar-refractivity contribution in [1.29, 1.82) is 0 Å². The highest BCUT2D eigenvalue weighted by Crippen LogP contribution is 2.38. The maximum atomic E-state index is 12.5. The molecule has 0 saturated carbocycles. The molecule has 0 aliphatic carbocycles. The molecule has 7 heteroatoms. The first-order valence-electron chi connectivity index (χ1n) is 6.56. The number of rotatable bonds is 2. The van der Waals surface area contributed by atoms with Crippen LogP contribution in [0.3, 0.4) is 0 Å². The first-order valence-corrected chi connectivity index (χ1v) is 7.38. The lowest BCUT2D eigenvalue weighted by Gasteiger charge is -2.22. The van der Waals surface area contributed by atoms with Gasteiger partial charge in [0.2, 0.25) is 0 Å². The Kier molecular flexibility index (Phi) is 4.69. The van der Waals surface area contributed by atoms with Crippen molar-refractivity contribution in [1.82, 2.24) is 10.2 Å². The number of likely N-dealkylation sites (tertiary alicyclic amines) is 1. The molecule has 0 radical (unpaired) electrons. The quantitative estimate of drug-likeness (QED) is 0.896. The van der Waals surface area contributed by atoms with E-state index in [1.165, 1.54) is 12.5 Å². The summed E-state index contributed by atoms with van der Waals surface area (Å²) in [4.78, 5) is 2.62. The molecule has 2 fully saturated rings. The fourth-order valence-corrected chi connectivity index (χ4v) is 4.06. The van der Waals surface area contributed by atoms with Gasteiger partial charge in [0.15, 0.2) is 0 Å². The van der Waals surface area contributed by atoms with Crippen LogP contribution in [0.4, 0.5) is 13.2 Å². The Balaban J connectivity index is 0.00000147. The maximum Gasteiger partial charge on any atom is 0.425 e. The van der Waals surface area contributed by atoms with Gasteiger partial charge in [-0.2, -0.15) is 13.2 Å². The minimum atomic E-state index is -4.20. The molecule has 0 bridgehead atoms. The van der Waals surface area contributed by atoms with E-state index in [1.54, 1.807) is 6.07 Å². The van der Waals surface area contributed by atoms with Gasteiger partial charge in [0.1, 0.15) is 4.88 Å². The first-order chi connectivity index (χ1) is 8.97. The van der Waals surface area contributed by atoms with E-state index in [2.05, 4.69) is 10.2 Å². The van der Waals surface area contributed by atoms with Crippen LogP contribution in [0.1, 0.15) is 22.6 Å². The molecule has 2 saturated heterocycles. The molecule has 1 atom stereocenters. The van der Waals surface area contributed by atoms with Crippen LogP contribution in [0.5, 0.6) is 0 Å². The van der Waals surface area contributed by atoms with Gasteiger partial charge in [0, 0.05) is 24.5 Å². The molecule has 114 valence electrons. The maximum absolute atomic E-state index is 12.5. The van der Waals surface area contributed by atoms with E-state index in [0.29, 0.717) is 12.0 Å². The molecule has 1 unspecified atom stereocenters. The molecule has 1 spiro atoms. The summed E-state index contributed by atoms with van der Waals surface area (Å²) in [7, 11) is 0. The Morgan fingerprint density at radius 1 is 1.30 bits per heavy atom. The number of alkyl halides is 3. The lowest BCUT2D eigenvalue weighted by molar-refractivity contribution is -0.134. The summed E-state index contributed by atoms with van der Waals surface area (Å²) in [5, 5.41) is 3.39. The van der Waals surface area contributed by atoms with Gasteiger partial charge in [-0.1, -0.05) is 0 Å². The topological polar surface area (TPSA) is 15.3 Å². The Morgan fingerprint density at radius 2 is 2.10 bits per heavy atom. The van der Waals surface area contributed by atoms with Gasteiger partial charge in [0.05, 0.1) is 0 Å². The van der Waals surface area contributed by atoms with Crippen LogP contribution in [0.15, 0.2) is 12.1 Å². The van der Waals surface area contributed by atoms with Gasteiger partial charge in [-0.15, -0.1) is 23.7 Å². The van der Waals surface area contributed by atoms with E-state index < -0.39 is 11.1 Å². The molecular formula is C13H18ClF3N2S. The number of hydrogen-bond acceptors (Lipinski definition) is 3. The van der Waals surface area contributed by atoms with Crippen LogP contribution >= 0.6 is 23.7 Å². The molecule has 0 aromatic carbocycles. The Bertz CT molecular complexity index is 455. The van der Waals surface area contributed by atoms with Crippen molar-refractivity contribution < 1.29 is 13.2 Å². The average molecular weight is 327 g/mol. The molecule has 0 amide bonds. The summed E-state index contributed by atoms with van der Waals surface area (Å²) in [5.74, 6) is 0. The van der Waals surface area contributed by atoms with Crippen LogP contribution in [0.2, 0.25) is 0 Å². The van der Waals surface area contributed by atoms with Crippen LogP contribution in [0.25, 0.3) is 0 Å². The predicted octanol–water partition coefficient (Wildman–Crippen LogP) is 3.37. The largest absolute Gasteiger partial charge is 0.425 e. The predicted molar refractivity (Wildman–Crippen MR) is 76.4 cm³/mol. The van der Waals surface area contributed by atoms with Crippen molar-refractivity contribution >= 4 is 23.7 Å². The number of thiophene rings is 1. The van der Waals surface area contributed by atoms with Crippen molar-refractivity contribution in [3.8, 4) is 0 Å². The highest BCUT2D eigenvalue weighted by Gasteiger charge is 2.40. The fraction of sp³-hybridized carbons (Fsp3) is 0.692. The fourth-order valence-electron chi connectivity index (χ4n) is 3.14. The molecule has 1 N–H and O–H groups in total. The Labute approximate surface area is 126 Å². The summed E-state index contributed by atoms with van der Waals surface area (Å²) in [6, 6.07) is 2.81. The normalized spacial score (nSPS) is 27.1. The van der Waals surface area contributed by atoms with Gasteiger partial charge in [-0.05, 0) is 43.5 Å². The summed E-state index contributed by atoms with van der Waals surface area (Å²) in [5.41, 5.74) is 0.379. The number of nitrogens with zero attached hydrogens (tertiary/aromatic N) is 1.